The van der Waals surface area contributed by atoms with Gasteiger partial charge in [-0.05, 0) is 166 Å². The van der Waals surface area contributed by atoms with Crippen LogP contribution in [0.25, 0.3) is 11.1 Å². The maximum atomic E-state index is 5.14. The lowest BCUT2D eigenvalue weighted by Gasteiger charge is -2.20. The molecule has 0 heterocycles. The molecule has 0 fully saturated rings. The van der Waals surface area contributed by atoms with E-state index in [2.05, 4.69) is 142 Å². The Kier molecular flexibility index (Phi) is 15.9. The highest BCUT2D eigenvalue weighted by Gasteiger charge is 2.15. The monoisotopic (exact) mass is 616 g/mol. The van der Waals surface area contributed by atoms with E-state index in [-0.39, 0.29) is 0 Å². The van der Waals surface area contributed by atoms with E-state index in [9.17, 15) is 0 Å². The van der Waals surface area contributed by atoms with Crippen LogP contribution < -0.4 is 0 Å². The molecule has 0 bridgehead atoms. The van der Waals surface area contributed by atoms with E-state index >= 15 is 0 Å². The van der Waals surface area contributed by atoms with Crippen LogP contribution in [0.5, 0.6) is 0 Å². The molecule has 44 heavy (non-hydrogen) atoms. The highest BCUT2D eigenvalue weighted by atomic mass is 32.0. The van der Waals surface area contributed by atoms with Gasteiger partial charge in [-0.25, -0.2) is 0 Å². The molecule has 0 aliphatic rings. The van der Waals surface area contributed by atoms with Crippen molar-refractivity contribution in [1.29, 1.82) is 0 Å². The lowest BCUT2D eigenvalue weighted by molar-refractivity contribution is 1.16. The molecule has 0 saturated carbocycles. The largest absolute Gasteiger partial charge is 0.118 e. The summed E-state index contributed by atoms with van der Waals surface area (Å²) in [6, 6.07) is 20.3. The van der Waals surface area contributed by atoms with Gasteiger partial charge in [-0.2, -0.15) is 0 Å². The van der Waals surface area contributed by atoms with Gasteiger partial charge in [-0.3, -0.25) is 0 Å². The average molecular weight is 617 g/mol. The molecule has 0 nitrogen and oxygen atoms in total. The number of terminal acetylenes is 2. The van der Waals surface area contributed by atoms with Crippen molar-refractivity contribution in [3.05, 3.63) is 152 Å². The zero-order valence-corrected chi connectivity index (χ0v) is 30.8. The van der Waals surface area contributed by atoms with Crippen LogP contribution >= 0.6 is 17.9 Å². The van der Waals surface area contributed by atoms with Crippen molar-refractivity contribution in [2.24, 2.45) is 0 Å². The van der Waals surface area contributed by atoms with Crippen LogP contribution in [0.4, 0.5) is 0 Å². The normalized spacial score (nSPS) is 9.50. The molecule has 0 aliphatic heterocycles. The molecule has 228 valence electrons. The summed E-state index contributed by atoms with van der Waals surface area (Å²) in [5.41, 5.74) is 20.0. The number of aryl methyl sites for hydroxylation is 4. The summed E-state index contributed by atoms with van der Waals surface area (Å²) in [5, 5.41) is 0. The smallest absolute Gasteiger partial charge is 0.0243 e. The highest BCUT2D eigenvalue weighted by Crippen LogP contribution is 2.33. The van der Waals surface area contributed by atoms with Gasteiger partial charge in [0.25, 0.3) is 0 Å². The Balaban J connectivity index is 0.000000365. The third-order valence-electron chi connectivity index (χ3n) is 8.36. The van der Waals surface area contributed by atoms with Gasteiger partial charge in [0.05, 0.1) is 0 Å². The predicted octanol–water partition coefficient (Wildman–Crippen LogP) is 11.5. The zero-order chi connectivity index (χ0) is 33.7. The molecule has 0 aromatic heterocycles. The summed E-state index contributed by atoms with van der Waals surface area (Å²) in [7, 11) is 4.67. The van der Waals surface area contributed by atoms with Crippen LogP contribution in [-0.2, 0) is 0 Å². The Bertz CT molecular complexity index is 1570. The fourth-order valence-corrected chi connectivity index (χ4v) is 4.82. The first-order valence-electron chi connectivity index (χ1n) is 14.7. The molecule has 0 saturated heterocycles. The van der Waals surface area contributed by atoms with Gasteiger partial charge in [0.15, 0.2) is 0 Å². The first-order valence-corrected chi connectivity index (χ1v) is 17.3. The highest BCUT2D eigenvalue weighted by molar-refractivity contribution is 7.92. The second-order valence-electron chi connectivity index (χ2n) is 11.2. The van der Waals surface area contributed by atoms with Gasteiger partial charge in [-0.15, -0.1) is 30.7 Å². The maximum absolute atomic E-state index is 5.14. The molecular weight excluding hydrogens is 566 g/mol. The van der Waals surface area contributed by atoms with Gasteiger partial charge in [-0.1, -0.05) is 67.0 Å². The second kappa shape index (κ2) is 18.2. The lowest BCUT2D eigenvalue weighted by atomic mass is 9.84. The van der Waals surface area contributed by atoms with Crippen LogP contribution in [0.3, 0.4) is 0 Å². The van der Waals surface area contributed by atoms with Gasteiger partial charge in [0.2, 0.25) is 0 Å². The van der Waals surface area contributed by atoms with Gasteiger partial charge >= 0.3 is 0 Å². The van der Waals surface area contributed by atoms with Crippen molar-refractivity contribution in [3.63, 3.8) is 0 Å². The molecule has 4 aromatic carbocycles. The Hall–Kier alpha value is -3.66. The van der Waals surface area contributed by atoms with Crippen molar-refractivity contribution in [2.75, 3.05) is 0 Å². The quantitative estimate of drug-likeness (QED) is 0.159. The molecule has 0 N–H and O–H groups in total. The number of rotatable bonds is 3. The van der Waals surface area contributed by atoms with Crippen molar-refractivity contribution in [2.45, 2.75) is 69.2 Å². The van der Waals surface area contributed by atoms with Crippen molar-refractivity contribution >= 4 is 29.0 Å². The van der Waals surface area contributed by atoms with E-state index in [1.807, 2.05) is 31.2 Å². The lowest BCUT2D eigenvalue weighted by Crippen LogP contribution is -2.02. The third-order valence-corrected chi connectivity index (χ3v) is 8.36. The van der Waals surface area contributed by atoms with E-state index in [0.717, 1.165) is 22.3 Å². The van der Waals surface area contributed by atoms with Crippen molar-refractivity contribution < 1.29 is 0 Å². The number of hydrogen-bond acceptors (Lipinski definition) is 0. The Morgan fingerprint density at radius 2 is 0.818 bits per heavy atom. The topological polar surface area (TPSA) is 0 Å². The summed E-state index contributed by atoms with van der Waals surface area (Å²) >= 11 is 0. The number of hydrogen-bond donors (Lipinski definition) is 0. The van der Waals surface area contributed by atoms with Crippen LogP contribution in [0.1, 0.15) is 84.8 Å². The minimum absolute atomic E-state index is 0.860. The molecule has 4 aromatic rings. The summed E-state index contributed by atoms with van der Waals surface area (Å²) in [5.74, 6) is 5.02. The predicted molar refractivity (Wildman–Crippen MR) is 207 cm³/mol. The maximum Gasteiger partial charge on any atom is 0.0243 e. The van der Waals surface area contributed by atoms with Crippen molar-refractivity contribution in [1.82, 2.24) is 0 Å². The Morgan fingerprint density at radius 1 is 0.523 bits per heavy atom. The summed E-state index contributed by atoms with van der Waals surface area (Å²) in [6.45, 7) is 30.1. The molecule has 4 rings (SSSR count). The standard InChI is InChI=1S/C22H26.C10H14.C10H6.H4P2/c1-13(2)20-9-11-21(12-10-20)19(8)22-17(6)15(4)14(3)16(5)18(22)7;1-7-5-9(3)10(4)6-8(7)2;1-3-9-5-7-10(4-2)8-6-9;1-2/h9-12H,1,8H2,2-7H3;5-6H,1-4H3;1-2,5-8H;1-2H2. The third kappa shape index (κ3) is 10.2. The molecule has 0 radical (unpaired) electrons. The van der Waals surface area contributed by atoms with Gasteiger partial charge in [0.1, 0.15) is 0 Å². The molecule has 2 unspecified atom stereocenters. The van der Waals surface area contributed by atoms with E-state index in [1.54, 1.807) is 0 Å². The fraction of sp³-hybridized carbons (Fsp3) is 0.238. The molecular formula is C42H50P2. The average Bonchev–Trinajstić information content (AvgIpc) is 3.03. The van der Waals surface area contributed by atoms with E-state index in [4.69, 9.17) is 12.8 Å². The van der Waals surface area contributed by atoms with E-state index in [0.29, 0.717) is 0 Å². The van der Waals surface area contributed by atoms with Crippen LogP contribution in [0.15, 0.2) is 73.8 Å². The summed E-state index contributed by atoms with van der Waals surface area (Å²) in [4.78, 5) is 0. The fourth-order valence-electron chi connectivity index (χ4n) is 4.82. The van der Waals surface area contributed by atoms with E-state index < -0.39 is 0 Å². The molecule has 0 amide bonds. The summed E-state index contributed by atoms with van der Waals surface area (Å²) < 4.78 is 0. The van der Waals surface area contributed by atoms with Crippen LogP contribution in [0.2, 0.25) is 0 Å². The second-order valence-corrected chi connectivity index (χ2v) is 11.2. The molecule has 2 atom stereocenters. The summed E-state index contributed by atoms with van der Waals surface area (Å²) in [6.07, 6.45) is 10.3. The Morgan fingerprint density at radius 3 is 1.11 bits per heavy atom. The number of allylic oxidation sites excluding steroid dienone is 1. The minimum Gasteiger partial charge on any atom is -0.118 e. The molecule has 0 aliphatic carbocycles. The number of benzene rings is 4. The minimum atomic E-state index is 0.860. The molecule has 0 spiro atoms. The molecule has 2 heteroatoms. The van der Waals surface area contributed by atoms with Gasteiger partial charge < -0.3 is 0 Å². The van der Waals surface area contributed by atoms with Crippen LogP contribution in [-0.4, -0.2) is 0 Å². The van der Waals surface area contributed by atoms with E-state index in [1.165, 1.54) is 66.8 Å². The van der Waals surface area contributed by atoms with Gasteiger partial charge in [0, 0.05) is 11.1 Å². The van der Waals surface area contributed by atoms with Crippen molar-refractivity contribution in [3.8, 4) is 24.7 Å². The SMILES string of the molecule is C#Cc1ccc(C#C)cc1.C=C(C)c1ccc(C(=C)c2c(C)c(C)c(C)c(C)c2C)cc1.Cc1cc(C)c(C)cc1C.PP. The zero-order valence-electron chi connectivity index (χ0n) is 28.5. The Labute approximate surface area is 273 Å². The first kappa shape index (κ1) is 38.4. The van der Waals surface area contributed by atoms with Crippen LogP contribution in [0, 0.1) is 87.0 Å². The first-order chi connectivity index (χ1) is 20.7.